The van der Waals surface area contributed by atoms with Crippen LogP contribution in [0, 0.1) is 13.8 Å². The number of nitrogens with one attached hydrogen (secondary N) is 1. The molecule has 0 amide bonds. The van der Waals surface area contributed by atoms with Crippen LogP contribution in [-0.4, -0.2) is 30.8 Å². The smallest absolute Gasteiger partial charge is 0.305 e. The second-order valence-electron chi connectivity index (χ2n) is 5.48. The van der Waals surface area contributed by atoms with Crippen molar-refractivity contribution in [1.29, 1.82) is 0 Å². The van der Waals surface area contributed by atoms with Gasteiger partial charge >= 0.3 is 5.97 Å². The Hall–Kier alpha value is -1.39. The van der Waals surface area contributed by atoms with Gasteiger partial charge in [0.15, 0.2) is 0 Å². The third-order valence-electron chi connectivity index (χ3n) is 3.67. The summed E-state index contributed by atoms with van der Waals surface area (Å²) >= 11 is 0. The molecule has 118 valence electrons. The van der Waals surface area contributed by atoms with Crippen LogP contribution in [0.4, 0.5) is 0 Å². The summed E-state index contributed by atoms with van der Waals surface area (Å²) in [5, 5.41) is 14.0. The lowest BCUT2D eigenvalue weighted by Gasteiger charge is -2.25. The molecule has 1 aromatic rings. The molecule has 2 N–H and O–H groups in total. The van der Waals surface area contributed by atoms with E-state index in [1.165, 1.54) is 12.7 Å². The summed E-state index contributed by atoms with van der Waals surface area (Å²) in [6.45, 7) is 6.93. The van der Waals surface area contributed by atoms with Crippen LogP contribution in [0.15, 0.2) is 18.2 Å². The van der Waals surface area contributed by atoms with Crippen molar-refractivity contribution in [3.05, 3.63) is 34.9 Å². The van der Waals surface area contributed by atoms with E-state index in [4.69, 9.17) is 0 Å². The molecular formula is C17H27NO3. The van der Waals surface area contributed by atoms with Gasteiger partial charge in [-0.2, -0.15) is 0 Å². The van der Waals surface area contributed by atoms with Crippen molar-refractivity contribution in [2.75, 3.05) is 13.7 Å². The minimum absolute atomic E-state index is 0.148. The van der Waals surface area contributed by atoms with E-state index in [-0.39, 0.29) is 12.0 Å². The summed E-state index contributed by atoms with van der Waals surface area (Å²) in [7, 11) is 1.39. The molecule has 0 saturated heterocycles. The highest BCUT2D eigenvalue weighted by Gasteiger charge is 2.22. The monoisotopic (exact) mass is 293 g/mol. The number of aliphatic hydroxyl groups is 1. The Bertz CT molecular complexity index is 459. The Balaban J connectivity index is 2.82. The van der Waals surface area contributed by atoms with Crippen molar-refractivity contribution in [2.45, 2.75) is 52.2 Å². The van der Waals surface area contributed by atoms with Crippen molar-refractivity contribution in [3.8, 4) is 0 Å². The molecule has 0 spiro atoms. The summed E-state index contributed by atoms with van der Waals surface area (Å²) in [4.78, 5) is 11.3. The molecule has 0 bridgehead atoms. The first-order valence-electron chi connectivity index (χ1n) is 7.55. The third-order valence-corrected chi connectivity index (χ3v) is 3.67. The fourth-order valence-corrected chi connectivity index (χ4v) is 2.45. The van der Waals surface area contributed by atoms with E-state index < -0.39 is 6.10 Å². The summed E-state index contributed by atoms with van der Waals surface area (Å²) in [6, 6.07) is 5.89. The number of ether oxygens (including phenoxy) is 1. The highest BCUT2D eigenvalue weighted by molar-refractivity contribution is 5.69. The van der Waals surface area contributed by atoms with Crippen molar-refractivity contribution in [1.82, 2.24) is 5.32 Å². The number of methoxy groups -OCH3 is 1. The molecule has 0 fully saturated rings. The lowest BCUT2D eigenvalue weighted by atomic mass is 9.94. The number of benzene rings is 1. The van der Waals surface area contributed by atoms with Crippen LogP contribution < -0.4 is 5.32 Å². The topological polar surface area (TPSA) is 58.6 Å². The predicted octanol–water partition coefficient (Wildman–Crippen LogP) is 2.66. The highest BCUT2D eigenvalue weighted by Crippen LogP contribution is 2.24. The van der Waals surface area contributed by atoms with E-state index in [9.17, 15) is 9.90 Å². The van der Waals surface area contributed by atoms with Crippen LogP contribution in [0.2, 0.25) is 0 Å². The second-order valence-corrected chi connectivity index (χ2v) is 5.48. The Kier molecular flexibility index (Phi) is 7.40. The number of carbonyl (C=O) groups is 1. The molecule has 0 heterocycles. The lowest BCUT2D eigenvalue weighted by molar-refractivity contribution is -0.141. The molecule has 0 aliphatic carbocycles. The van der Waals surface area contributed by atoms with Crippen LogP contribution in [0.5, 0.6) is 0 Å². The van der Waals surface area contributed by atoms with E-state index in [1.807, 2.05) is 26.0 Å². The van der Waals surface area contributed by atoms with Gasteiger partial charge in [0.05, 0.1) is 13.2 Å². The largest absolute Gasteiger partial charge is 0.469 e. The second kappa shape index (κ2) is 8.80. The number of hydrogen-bond acceptors (Lipinski definition) is 4. The first-order chi connectivity index (χ1) is 9.99. The maximum atomic E-state index is 11.3. The molecule has 0 aliphatic heterocycles. The van der Waals surface area contributed by atoms with Crippen LogP contribution >= 0.6 is 0 Å². The normalized spacial score (nSPS) is 13.8. The molecule has 1 aromatic carbocycles. The minimum Gasteiger partial charge on any atom is -0.469 e. The van der Waals surface area contributed by atoms with Crippen LogP contribution in [0.25, 0.3) is 0 Å². The van der Waals surface area contributed by atoms with Gasteiger partial charge < -0.3 is 15.2 Å². The van der Waals surface area contributed by atoms with Gasteiger partial charge in [0, 0.05) is 12.5 Å². The third kappa shape index (κ3) is 5.48. The highest BCUT2D eigenvalue weighted by atomic mass is 16.5. The van der Waals surface area contributed by atoms with E-state index >= 15 is 0 Å². The van der Waals surface area contributed by atoms with Crippen LogP contribution in [0.1, 0.15) is 49.0 Å². The van der Waals surface area contributed by atoms with E-state index in [0.717, 1.165) is 24.1 Å². The zero-order chi connectivity index (χ0) is 15.8. The number of rotatable bonds is 8. The van der Waals surface area contributed by atoms with Crippen LogP contribution in [-0.2, 0) is 9.53 Å². The van der Waals surface area contributed by atoms with E-state index in [2.05, 4.69) is 23.0 Å². The van der Waals surface area contributed by atoms with Gasteiger partial charge in [0.2, 0.25) is 0 Å². The quantitative estimate of drug-likeness (QED) is 0.724. The summed E-state index contributed by atoms with van der Waals surface area (Å²) in [5.74, 6) is -0.244. The average Bonchev–Trinajstić information content (AvgIpc) is 2.46. The van der Waals surface area contributed by atoms with Crippen molar-refractivity contribution in [2.24, 2.45) is 0 Å². The Labute approximate surface area is 127 Å². The number of esters is 1. The molecule has 1 rings (SSSR count). The molecule has 4 nitrogen and oxygen atoms in total. The fraction of sp³-hybridized carbons (Fsp3) is 0.588. The summed E-state index contributed by atoms with van der Waals surface area (Å²) < 4.78 is 4.68. The SMILES string of the molecule is CCCNC(CCC(=O)OC)C(O)c1ccc(C)cc1C. The molecule has 0 aromatic heterocycles. The number of aliphatic hydroxyl groups excluding tert-OH is 1. The van der Waals surface area contributed by atoms with E-state index in [0.29, 0.717) is 12.8 Å². The van der Waals surface area contributed by atoms with Crippen molar-refractivity contribution in [3.63, 3.8) is 0 Å². The Morgan fingerprint density at radius 1 is 1.38 bits per heavy atom. The molecule has 0 radical (unpaired) electrons. The maximum absolute atomic E-state index is 11.3. The number of carbonyl (C=O) groups excluding carboxylic acids is 1. The van der Waals surface area contributed by atoms with Gasteiger partial charge in [-0.1, -0.05) is 30.7 Å². The lowest BCUT2D eigenvalue weighted by Crippen LogP contribution is -2.36. The average molecular weight is 293 g/mol. The van der Waals surface area contributed by atoms with Gasteiger partial charge in [-0.05, 0) is 44.4 Å². The first kappa shape index (κ1) is 17.7. The molecule has 2 unspecified atom stereocenters. The van der Waals surface area contributed by atoms with Crippen molar-refractivity contribution >= 4 is 5.97 Å². The molecular weight excluding hydrogens is 266 g/mol. The van der Waals surface area contributed by atoms with Gasteiger partial charge in [-0.25, -0.2) is 0 Å². The Morgan fingerprint density at radius 2 is 2.10 bits per heavy atom. The maximum Gasteiger partial charge on any atom is 0.305 e. The number of aryl methyl sites for hydroxylation is 2. The van der Waals surface area contributed by atoms with Crippen LogP contribution in [0.3, 0.4) is 0 Å². The summed E-state index contributed by atoms with van der Waals surface area (Å²) in [6.07, 6.45) is 1.22. The Morgan fingerprint density at radius 3 is 2.67 bits per heavy atom. The molecule has 21 heavy (non-hydrogen) atoms. The molecule has 4 heteroatoms. The molecule has 0 aliphatic rings. The fourth-order valence-electron chi connectivity index (χ4n) is 2.45. The van der Waals surface area contributed by atoms with Gasteiger partial charge in [0.25, 0.3) is 0 Å². The number of hydrogen-bond donors (Lipinski definition) is 2. The zero-order valence-electron chi connectivity index (χ0n) is 13.5. The van der Waals surface area contributed by atoms with Crippen molar-refractivity contribution < 1.29 is 14.6 Å². The van der Waals surface area contributed by atoms with Gasteiger partial charge in [0.1, 0.15) is 0 Å². The van der Waals surface area contributed by atoms with E-state index in [1.54, 1.807) is 0 Å². The predicted molar refractivity (Wildman–Crippen MR) is 84.2 cm³/mol. The van der Waals surface area contributed by atoms with Gasteiger partial charge in [-0.15, -0.1) is 0 Å². The summed E-state index contributed by atoms with van der Waals surface area (Å²) in [5.41, 5.74) is 3.17. The molecule has 2 atom stereocenters. The standard InChI is InChI=1S/C17H27NO3/c1-5-10-18-15(8-9-16(19)21-4)17(20)14-7-6-12(2)11-13(14)3/h6-7,11,15,17-18,20H,5,8-10H2,1-4H3. The molecule has 0 saturated carbocycles. The zero-order valence-corrected chi connectivity index (χ0v) is 13.5. The first-order valence-corrected chi connectivity index (χ1v) is 7.55. The minimum atomic E-state index is -0.623. The van der Waals surface area contributed by atoms with Gasteiger partial charge in [-0.3, -0.25) is 4.79 Å².